The van der Waals surface area contributed by atoms with E-state index in [2.05, 4.69) is 10.3 Å². The predicted molar refractivity (Wildman–Crippen MR) is 72.5 cm³/mol. The predicted octanol–water partition coefficient (Wildman–Crippen LogP) is 2.28. The van der Waals surface area contributed by atoms with Crippen molar-refractivity contribution in [3.63, 3.8) is 0 Å². The largest absolute Gasteiger partial charge is 0.375 e. The van der Waals surface area contributed by atoms with E-state index in [0.29, 0.717) is 16.9 Å². The molecule has 1 aliphatic rings. The summed E-state index contributed by atoms with van der Waals surface area (Å²) in [4.78, 5) is 17.1. The van der Waals surface area contributed by atoms with Crippen LogP contribution in [0.5, 0.6) is 0 Å². The van der Waals surface area contributed by atoms with Crippen molar-refractivity contribution in [2.45, 2.75) is 18.9 Å². The van der Waals surface area contributed by atoms with Crippen LogP contribution in [-0.4, -0.2) is 16.9 Å². The maximum Gasteiger partial charge on any atom is 0.271 e. The molecule has 3 rings (SSSR count). The van der Waals surface area contributed by atoms with Crippen LogP contribution in [0, 0.1) is 0 Å². The SMILES string of the molecule is Nc1nc(C(=O)NC2CC2)c(-c2ccccc2)s1. The number of hydrogen-bond donors (Lipinski definition) is 2. The van der Waals surface area contributed by atoms with E-state index < -0.39 is 0 Å². The fourth-order valence-electron chi connectivity index (χ4n) is 1.76. The highest BCUT2D eigenvalue weighted by atomic mass is 32.1. The van der Waals surface area contributed by atoms with E-state index in [9.17, 15) is 4.79 Å². The highest BCUT2D eigenvalue weighted by Crippen LogP contribution is 2.32. The molecule has 1 aromatic carbocycles. The summed E-state index contributed by atoms with van der Waals surface area (Å²) in [6.45, 7) is 0. The second-order valence-electron chi connectivity index (χ2n) is 4.34. The average molecular weight is 259 g/mol. The monoisotopic (exact) mass is 259 g/mol. The molecule has 0 atom stereocenters. The second kappa shape index (κ2) is 4.42. The number of nitrogens with two attached hydrogens (primary N) is 1. The Bertz CT molecular complexity index is 575. The molecule has 4 nitrogen and oxygen atoms in total. The molecule has 0 saturated heterocycles. The lowest BCUT2D eigenvalue weighted by Gasteiger charge is -2.03. The Morgan fingerprint density at radius 1 is 1.33 bits per heavy atom. The number of rotatable bonds is 3. The molecule has 92 valence electrons. The lowest BCUT2D eigenvalue weighted by Crippen LogP contribution is -2.26. The Morgan fingerprint density at radius 3 is 2.72 bits per heavy atom. The van der Waals surface area contributed by atoms with E-state index >= 15 is 0 Å². The van der Waals surface area contributed by atoms with Gasteiger partial charge in [0.2, 0.25) is 0 Å². The Morgan fingerprint density at radius 2 is 2.06 bits per heavy atom. The van der Waals surface area contributed by atoms with E-state index in [-0.39, 0.29) is 5.91 Å². The molecule has 0 unspecified atom stereocenters. The fraction of sp³-hybridized carbons (Fsp3) is 0.231. The molecule has 0 bridgehead atoms. The lowest BCUT2D eigenvalue weighted by atomic mass is 10.1. The number of carbonyl (C=O) groups is 1. The number of carbonyl (C=O) groups excluding carboxylic acids is 1. The Kier molecular flexibility index (Phi) is 2.76. The molecule has 1 saturated carbocycles. The Labute approximate surface area is 109 Å². The second-order valence-corrected chi connectivity index (χ2v) is 5.37. The van der Waals surface area contributed by atoms with E-state index in [1.165, 1.54) is 11.3 Å². The lowest BCUT2D eigenvalue weighted by molar-refractivity contribution is 0.0947. The van der Waals surface area contributed by atoms with Crippen molar-refractivity contribution in [1.82, 2.24) is 10.3 Å². The summed E-state index contributed by atoms with van der Waals surface area (Å²) in [7, 11) is 0. The number of thiazole rings is 1. The summed E-state index contributed by atoms with van der Waals surface area (Å²) in [6, 6.07) is 10.1. The van der Waals surface area contributed by atoms with Gasteiger partial charge in [-0.25, -0.2) is 4.98 Å². The zero-order valence-corrected chi connectivity index (χ0v) is 10.5. The van der Waals surface area contributed by atoms with Crippen LogP contribution >= 0.6 is 11.3 Å². The van der Waals surface area contributed by atoms with Gasteiger partial charge in [-0.15, -0.1) is 0 Å². The van der Waals surface area contributed by atoms with Gasteiger partial charge in [-0.2, -0.15) is 0 Å². The van der Waals surface area contributed by atoms with Gasteiger partial charge in [0, 0.05) is 6.04 Å². The van der Waals surface area contributed by atoms with Crippen molar-refractivity contribution in [2.75, 3.05) is 5.73 Å². The van der Waals surface area contributed by atoms with Crippen molar-refractivity contribution in [3.05, 3.63) is 36.0 Å². The third-order valence-electron chi connectivity index (χ3n) is 2.81. The van der Waals surface area contributed by atoms with Gasteiger partial charge in [-0.1, -0.05) is 41.7 Å². The van der Waals surface area contributed by atoms with Gasteiger partial charge in [-0.3, -0.25) is 4.79 Å². The summed E-state index contributed by atoms with van der Waals surface area (Å²) in [5.41, 5.74) is 7.15. The van der Waals surface area contributed by atoms with Crippen molar-refractivity contribution >= 4 is 22.4 Å². The minimum atomic E-state index is -0.121. The van der Waals surface area contributed by atoms with Crippen LogP contribution in [-0.2, 0) is 0 Å². The van der Waals surface area contributed by atoms with E-state index in [1.54, 1.807) is 0 Å². The number of nitrogens with one attached hydrogen (secondary N) is 1. The van der Waals surface area contributed by atoms with Crippen LogP contribution in [0.4, 0.5) is 5.13 Å². The average Bonchev–Trinajstić information content (AvgIpc) is 3.10. The first-order valence-electron chi connectivity index (χ1n) is 5.86. The molecule has 1 heterocycles. The minimum absolute atomic E-state index is 0.121. The summed E-state index contributed by atoms with van der Waals surface area (Å²) in [6.07, 6.45) is 2.12. The third kappa shape index (κ3) is 2.22. The minimum Gasteiger partial charge on any atom is -0.375 e. The van der Waals surface area contributed by atoms with E-state index in [4.69, 9.17) is 5.73 Å². The van der Waals surface area contributed by atoms with Crippen LogP contribution in [0.25, 0.3) is 10.4 Å². The smallest absolute Gasteiger partial charge is 0.271 e. The van der Waals surface area contributed by atoms with Crippen LogP contribution < -0.4 is 11.1 Å². The first kappa shape index (κ1) is 11.2. The maximum atomic E-state index is 12.1. The molecule has 1 fully saturated rings. The van der Waals surface area contributed by atoms with Crippen LogP contribution in [0.15, 0.2) is 30.3 Å². The molecule has 0 aliphatic heterocycles. The molecular formula is C13H13N3OS. The number of nitrogen functional groups attached to an aromatic ring is 1. The Hall–Kier alpha value is -1.88. The van der Waals surface area contributed by atoms with E-state index in [1.807, 2.05) is 30.3 Å². The molecule has 1 aromatic heterocycles. The molecule has 1 amide bonds. The maximum absolute atomic E-state index is 12.1. The van der Waals surface area contributed by atoms with E-state index in [0.717, 1.165) is 23.3 Å². The number of aromatic nitrogens is 1. The molecule has 18 heavy (non-hydrogen) atoms. The van der Waals surface area contributed by atoms with Crippen LogP contribution in [0.1, 0.15) is 23.3 Å². The van der Waals surface area contributed by atoms with Crippen molar-refractivity contribution in [2.24, 2.45) is 0 Å². The highest BCUT2D eigenvalue weighted by Gasteiger charge is 2.26. The van der Waals surface area contributed by atoms with Gasteiger partial charge in [0.1, 0.15) is 5.69 Å². The molecule has 2 aromatic rings. The standard InChI is InChI=1S/C13H13N3OS/c14-13-16-10(12(17)15-9-6-7-9)11(18-13)8-4-2-1-3-5-8/h1-5,9H,6-7H2,(H2,14,16)(H,15,17). The number of benzene rings is 1. The number of amides is 1. The van der Waals surface area contributed by atoms with Gasteiger partial charge in [0.25, 0.3) is 5.91 Å². The molecule has 1 aliphatic carbocycles. The van der Waals surface area contributed by atoms with Crippen LogP contribution in [0.2, 0.25) is 0 Å². The normalized spacial score (nSPS) is 14.4. The number of hydrogen-bond acceptors (Lipinski definition) is 4. The quantitative estimate of drug-likeness (QED) is 0.888. The first-order chi connectivity index (χ1) is 8.74. The molecule has 3 N–H and O–H groups in total. The number of nitrogens with zero attached hydrogens (tertiary/aromatic N) is 1. The molecule has 0 spiro atoms. The zero-order valence-electron chi connectivity index (χ0n) is 9.72. The molecular weight excluding hydrogens is 246 g/mol. The van der Waals surface area contributed by atoms with Gasteiger partial charge < -0.3 is 11.1 Å². The summed E-state index contributed by atoms with van der Waals surface area (Å²) >= 11 is 1.35. The summed E-state index contributed by atoms with van der Waals surface area (Å²) in [5, 5.41) is 3.37. The van der Waals surface area contributed by atoms with Gasteiger partial charge in [0.05, 0.1) is 4.88 Å². The summed E-state index contributed by atoms with van der Waals surface area (Å²) < 4.78 is 0. The summed E-state index contributed by atoms with van der Waals surface area (Å²) in [5.74, 6) is -0.121. The number of anilines is 1. The fourth-order valence-corrected chi connectivity index (χ4v) is 2.59. The highest BCUT2D eigenvalue weighted by molar-refractivity contribution is 7.19. The van der Waals surface area contributed by atoms with Gasteiger partial charge in [-0.05, 0) is 18.4 Å². The molecule has 0 radical (unpaired) electrons. The van der Waals surface area contributed by atoms with Gasteiger partial charge >= 0.3 is 0 Å². The zero-order chi connectivity index (χ0) is 12.5. The topological polar surface area (TPSA) is 68.0 Å². The van der Waals surface area contributed by atoms with Crippen LogP contribution in [0.3, 0.4) is 0 Å². The molecule has 5 heteroatoms. The van der Waals surface area contributed by atoms with Crippen molar-refractivity contribution in [1.29, 1.82) is 0 Å². The first-order valence-corrected chi connectivity index (χ1v) is 6.68. The Balaban J connectivity index is 1.96. The third-order valence-corrected chi connectivity index (χ3v) is 3.74. The van der Waals surface area contributed by atoms with Gasteiger partial charge in [0.15, 0.2) is 5.13 Å². The van der Waals surface area contributed by atoms with Crippen molar-refractivity contribution < 1.29 is 4.79 Å². The van der Waals surface area contributed by atoms with Crippen molar-refractivity contribution in [3.8, 4) is 10.4 Å².